The van der Waals surface area contributed by atoms with E-state index < -0.39 is 11.9 Å². The van der Waals surface area contributed by atoms with Gasteiger partial charge < -0.3 is 30.2 Å². The van der Waals surface area contributed by atoms with Crippen molar-refractivity contribution in [2.75, 3.05) is 40.3 Å². The van der Waals surface area contributed by atoms with Crippen molar-refractivity contribution in [3.05, 3.63) is 138 Å². The molecule has 4 N–H and O–H groups in total. The smallest absolute Gasteiger partial charge is 0.328 e. The Labute approximate surface area is 311 Å². The molecule has 2 aliphatic heterocycles. The summed E-state index contributed by atoms with van der Waals surface area (Å²) in [6.45, 7) is 4.45. The Morgan fingerprint density at radius 2 is 0.923 bits per heavy atom. The summed E-state index contributed by atoms with van der Waals surface area (Å²) in [7, 11) is 4.37. The number of piperidine rings is 2. The number of carbonyl (C=O) groups is 2. The third kappa shape index (κ3) is 8.37. The largest absolute Gasteiger partial charge is 0.507 e. The van der Waals surface area contributed by atoms with Crippen molar-refractivity contribution >= 4 is 69.4 Å². The van der Waals surface area contributed by atoms with Gasteiger partial charge in [-0.15, -0.1) is 22.7 Å². The summed E-state index contributed by atoms with van der Waals surface area (Å²) in [4.78, 5) is 26.5. The van der Waals surface area contributed by atoms with E-state index in [0.29, 0.717) is 23.7 Å². The predicted molar refractivity (Wildman–Crippen MR) is 212 cm³/mol. The van der Waals surface area contributed by atoms with Gasteiger partial charge in [-0.25, -0.2) is 9.59 Å². The number of rotatable bonds is 2. The normalized spacial score (nSPS) is 17.1. The molecule has 4 aromatic rings. The maximum absolute atomic E-state index is 10.5. The fourth-order valence-electron chi connectivity index (χ4n) is 6.94. The molecule has 0 bridgehead atoms. The second-order valence-electron chi connectivity index (χ2n) is 13.1. The second-order valence-corrected chi connectivity index (χ2v) is 15.0. The number of benzene rings is 2. The lowest BCUT2D eigenvalue weighted by molar-refractivity contribution is -0.134. The summed E-state index contributed by atoms with van der Waals surface area (Å²) in [6, 6.07) is 20.7. The summed E-state index contributed by atoms with van der Waals surface area (Å²) in [5, 5.41) is 40.9. The maximum Gasteiger partial charge on any atom is 0.328 e. The van der Waals surface area contributed by atoms with Gasteiger partial charge >= 0.3 is 11.9 Å². The molecule has 268 valence electrons. The number of aliphatic carboxylic acids is 2. The predicted octanol–water partition coefficient (Wildman–Crippen LogP) is 9.00. The standard InChI is InChI=1S/2C19H19NOS.C4H4O4/c2*1-20-9-6-13(7-10-20)18-16-5-3-2-4-15(16)17(21)12-14-8-11-22-19(14)18;5-3(6)1-2-4(7)8/h2*2-5,8,11-12,21H,6-7,9-10H2,1H3;1-2H,(H,5,6)(H,7,8)/b;;2-1+. The number of thiophene rings is 2. The molecule has 8 rings (SSSR count). The summed E-state index contributed by atoms with van der Waals surface area (Å²) in [6.07, 6.45) is 9.37. The van der Waals surface area contributed by atoms with Crippen LogP contribution in [-0.2, 0) is 9.59 Å². The lowest BCUT2D eigenvalue weighted by atomic mass is 9.90. The van der Waals surface area contributed by atoms with Crippen LogP contribution in [0.5, 0.6) is 0 Å². The first kappa shape index (κ1) is 36.8. The zero-order valence-corrected chi connectivity index (χ0v) is 30.8. The molecule has 0 spiro atoms. The number of fused-ring (bicyclic) bond motifs is 4. The molecule has 4 aliphatic rings. The van der Waals surface area contributed by atoms with E-state index in [4.69, 9.17) is 10.2 Å². The molecular weight excluding hydrogens is 693 g/mol. The van der Waals surface area contributed by atoms with Crippen LogP contribution in [0.3, 0.4) is 0 Å². The van der Waals surface area contributed by atoms with E-state index in [-0.39, 0.29) is 0 Å². The highest BCUT2D eigenvalue weighted by molar-refractivity contribution is 7.11. The van der Waals surface area contributed by atoms with Crippen LogP contribution < -0.4 is 0 Å². The van der Waals surface area contributed by atoms with Crippen LogP contribution in [0.2, 0.25) is 0 Å². The Hall–Kier alpha value is -5.00. The minimum Gasteiger partial charge on any atom is -0.507 e. The zero-order valence-electron chi connectivity index (χ0n) is 29.2. The van der Waals surface area contributed by atoms with Crippen LogP contribution in [0, 0.1) is 0 Å². The highest BCUT2D eigenvalue weighted by Crippen LogP contribution is 2.44. The SMILES string of the molecule is CN1CCC(=C2c3ccccc3C(O)=Cc3ccsc32)CC1.CN1CCC(=C2c3ccccc3C(O)=Cc3ccsc32)CC1.O=C(O)/C=C/C(=O)O. The number of aliphatic hydroxyl groups is 2. The van der Waals surface area contributed by atoms with Crippen LogP contribution in [0.1, 0.15) is 68.8 Å². The molecule has 0 saturated carbocycles. The quantitative estimate of drug-likeness (QED) is 0.151. The van der Waals surface area contributed by atoms with Gasteiger partial charge in [0.2, 0.25) is 0 Å². The van der Waals surface area contributed by atoms with Gasteiger partial charge in [0.1, 0.15) is 11.5 Å². The van der Waals surface area contributed by atoms with Crippen molar-refractivity contribution in [3.8, 4) is 0 Å². The first-order chi connectivity index (χ1) is 25.1. The molecule has 0 unspecified atom stereocenters. The molecular formula is C42H42N2O6S2. The van der Waals surface area contributed by atoms with E-state index >= 15 is 0 Å². The van der Waals surface area contributed by atoms with Gasteiger partial charge in [0.25, 0.3) is 0 Å². The van der Waals surface area contributed by atoms with E-state index in [9.17, 15) is 19.8 Å². The van der Waals surface area contributed by atoms with Crippen molar-refractivity contribution in [2.24, 2.45) is 0 Å². The number of hydrogen-bond acceptors (Lipinski definition) is 8. The van der Waals surface area contributed by atoms with Crippen LogP contribution in [-0.4, -0.2) is 82.4 Å². The minimum absolute atomic E-state index is 0.374. The Bertz CT molecular complexity index is 1960. The van der Waals surface area contributed by atoms with Gasteiger partial charge in [-0.3, -0.25) is 0 Å². The zero-order chi connectivity index (χ0) is 36.8. The van der Waals surface area contributed by atoms with Crippen molar-refractivity contribution in [1.29, 1.82) is 0 Å². The molecule has 52 heavy (non-hydrogen) atoms. The van der Waals surface area contributed by atoms with Crippen molar-refractivity contribution in [3.63, 3.8) is 0 Å². The van der Waals surface area contributed by atoms with E-state index in [1.165, 1.54) is 43.2 Å². The monoisotopic (exact) mass is 734 g/mol. The first-order valence-corrected chi connectivity index (χ1v) is 19.0. The summed E-state index contributed by atoms with van der Waals surface area (Å²) >= 11 is 3.56. The van der Waals surface area contributed by atoms with Crippen molar-refractivity contribution in [2.45, 2.75) is 25.7 Å². The number of aliphatic hydroxyl groups excluding tert-OH is 2. The molecule has 2 fully saturated rings. The molecule has 0 amide bonds. The minimum atomic E-state index is -1.26. The summed E-state index contributed by atoms with van der Waals surface area (Å²) < 4.78 is 0. The van der Waals surface area contributed by atoms with Crippen molar-refractivity contribution < 1.29 is 30.0 Å². The number of nitrogens with zero attached hydrogens (tertiary/aromatic N) is 2. The molecule has 0 atom stereocenters. The number of likely N-dealkylation sites (tertiary alicyclic amines) is 2. The lowest BCUT2D eigenvalue weighted by Gasteiger charge is -2.27. The Morgan fingerprint density at radius 1 is 0.577 bits per heavy atom. The topological polar surface area (TPSA) is 122 Å². The third-order valence-electron chi connectivity index (χ3n) is 9.63. The Morgan fingerprint density at radius 3 is 1.27 bits per heavy atom. The summed E-state index contributed by atoms with van der Waals surface area (Å²) in [5.41, 5.74) is 12.3. The van der Waals surface area contributed by atoms with Gasteiger partial charge in [0.05, 0.1) is 0 Å². The van der Waals surface area contributed by atoms with E-state index in [1.54, 1.807) is 22.7 Å². The molecule has 10 heteroatoms. The average molecular weight is 735 g/mol. The van der Waals surface area contributed by atoms with Crippen LogP contribution in [0.15, 0.2) is 94.7 Å². The van der Waals surface area contributed by atoms with Crippen LogP contribution in [0.25, 0.3) is 34.8 Å². The highest BCUT2D eigenvalue weighted by atomic mass is 32.1. The molecule has 0 radical (unpaired) electrons. The number of carboxylic acid groups (broad SMARTS) is 2. The van der Waals surface area contributed by atoms with Gasteiger partial charge in [-0.2, -0.15) is 0 Å². The second kappa shape index (κ2) is 16.6. The molecule has 8 nitrogen and oxygen atoms in total. The summed E-state index contributed by atoms with van der Waals surface area (Å²) in [5.74, 6) is -1.77. The number of hydrogen-bond donors (Lipinski definition) is 4. The van der Waals surface area contributed by atoms with Gasteiger partial charge in [-0.05, 0) is 108 Å². The van der Waals surface area contributed by atoms with Crippen molar-refractivity contribution in [1.82, 2.24) is 9.80 Å². The Kier molecular flexibility index (Phi) is 11.7. The first-order valence-electron chi connectivity index (χ1n) is 17.2. The van der Waals surface area contributed by atoms with Gasteiger partial charge in [-0.1, -0.05) is 59.7 Å². The van der Waals surface area contributed by atoms with E-state index in [0.717, 1.165) is 74.1 Å². The number of carboxylic acids is 2. The van der Waals surface area contributed by atoms with Gasteiger partial charge in [0.15, 0.2) is 0 Å². The molecule has 2 aromatic carbocycles. The van der Waals surface area contributed by atoms with E-state index in [1.807, 2.05) is 36.4 Å². The van der Waals surface area contributed by atoms with Crippen LogP contribution >= 0.6 is 22.7 Å². The third-order valence-corrected chi connectivity index (χ3v) is 11.5. The molecule has 2 aromatic heterocycles. The van der Waals surface area contributed by atoms with Gasteiger partial charge in [0, 0.05) is 59.2 Å². The Balaban J connectivity index is 0.000000149. The fourth-order valence-corrected chi connectivity index (χ4v) is 8.91. The average Bonchev–Trinajstić information content (AvgIpc) is 3.74. The molecule has 2 aliphatic carbocycles. The maximum atomic E-state index is 10.5. The van der Waals surface area contributed by atoms with E-state index in [2.05, 4.69) is 71.1 Å². The molecule has 2 saturated heterocycles. The fraction of sp³-hybridized carbons (Fsp3) is 0.238. The lowest BCUT2D eigenvalue weighted by Crippen LogP contribution is -2.26. The van der Waals surface area contributed by atoms with Crippen LogP contribution in [0.4, 0.5) is 0 Å². The molecule has 4 heterocycles. The highest BCUT2D eigenvalue weighted by Gasteiger charge is 2.26.